The standard InChI is InChI=1S/C14H9F5O/c1-20-10-6-8(5-9(7-10)14(17,18)19)11-3-2-4-12(15)13(11)16/h2-7H,1H3. The summed E-state index contributed by atoms with van der Waals surface area (Å²) < 4.78 is 69.8. The summed E-state index contributed by atoms with van der Waals surface area (Å²) in [4.78, 5) is 0. The average Bonchev–Trinajstić information content (AvgIpc) is 2.40. The second kappa shape index (κ2) is 5.11. The van der Waals surface area contributed by atoms with E-state index in [1.54, 1.807) is 0 Å². The second-order valence-electron chi connectivity index (χ2n) is 4.05. The number of benzene rings is 2. The van der Waals surface area contributed by atoms with Gasteiger partial charge in [0.25, 0.3) is 0 Å². The zero-order chi connectivity index (χ0) is 14.9. The number of hydrogen-bond acceptors (Lipinski definition) is 1. The van der Waals surface area contributed by atoms with Crippen molar-refractivity contribution in [2.24, 2.45) is 0 Å². The zero-order valence-corrected chi connectivity index (χ0v) is 10.3. The van der Waals surface area contributed by atoms with E-state index in [2.05, 4.69) is 0 Å². The highest BCUT2D eigenvalue weighted by Gasteiger charge is 2.31. The van der Waals surface area contributed by atoms with Gasteiger partial charge < -0.3 is 4.74 Å². The SMILES string of the molecule is COc1cc(-c2cccc(F)c2F)cc(C(F)(F)F)c1. The van der Waals surface area contributed by atoms with Crippen LogP contribution in [0.25, 0.3) is 11.1 Å². The maximum absolute atomic E-state index is 13.7. The summed E-state index contributed by atoms with van der Waals surface area (Å²) in [6.07, 6.45) is -4.60. The molecule has 0 heterocycles. The van der Waals surface area contributed by atoms with E-state index in [0.717, 1.165) is 18.2 Å². The lowest BCUT2D eigenvalue weighted by molar-refractivity contribution is -0.137. The fraction of sp³-hybridized carbons (Fsp3) is 0.143. The molecule has 0 spiro atoms. The van der Waals surface area contributed by atoms with Gasteiger partial charge >= 0.3 is 6.18 Å². The average molecular weight is 288 g/mol. The maximum atomic E-state index is 13.7. The zero-order valence-electron chi connectivity index (χ0n) is 10.3. The van der Waals surface area contributed by atoms with Gasteiger partial charge in [-0.3, -0.25) is 0 Å². The van der Waals surface area contributed by atoms with Crippen molar-refractivity contribution in [3.8, 4) is 16.9 Å². The maximum Gasteiger partial charge on any atom is 0.416 e. The summed E-state index contributed by atoms with van der Waals surface area (Å²) in [5.41, 5.74) is -1.35. The highest BCUT2D eigenvalue weighted by Crippen LogP contribution is 2.36. The lowest BCUT2D eigenvalue weighted by Crippen LogP contribution is -2.05. The Labute approximate surface area is 111 Å². The van der Waals surface area contributed by atoms with Gasteiger partial charge in [0.15, 0.2) is 11.6 Å². The van der Waals surface area contributed by atoms with Gasteiger partial charge in [0.05, 0.1) is 12.7 Å². The molecular weight excluding hydrogens is 279 g/mol. The van der Waals surface area contributed by atoms with Crippen molar-refractivity contribution in [3.05, 3.63) is 53.6 Å². The molecule has 1 nitrogen and oxygen atoms in total. The Morgan fingerprint density at radius 1 is 1.00 bits per heavy atom. The third-order valence-electron chi connectivity index (χ3n) is 2.73. The van der Waals surface area contributed by atoms with Crippen molar-refractivity contribution >= 4 is 0 Å². The van der Waals surface area contributed by atoms with Crippen LogP contribution in [0, 0.1) is 11.6 Å². The molecule has 0 fully saturated rings. The van der Waals surface area contributed by atoms with Crippen molar-refractivity contribution in [1.29, 1.82) is 0 Å². The molecular formula is C14H9F5O. The van der Waals surface area contributed by atoms with Gasteiger partial charge in [-0.05, 0) is 29.8 Å². The monoisotopic (exact) mass is 288 g/mol. The molecule has 6 heteroatoms. The van der Waals surface area contributed by atoms with Gasteiger partial charge in [0, 0.05) is 5.56 Å². The highest BCUT2D eigenvalue weighted by atomic mass is 19.4. The second-order valence-corrected chi connectivity index (χ2v) is 4.05. The van der Waals surface area contributed by atoms with Crippen LogP contribution in [0.3, 0.4) is 0 Å². The van der Waals surface area contributed by atoms with E-state index in [9.17, 15) is 22.0 Å². The van der Waals surface area contributed by atoms with Crippen molar-refractivity contribution in [1.82, 2.24) is 0 Å². The van der Waals surface area contributed by atoms with Crippen LogP contribution >= 0.6 is 0 Å². The molecule has 0 amide bonds. The van der Waals surface area contributed by atoms with Crippen LogP contribution in [0.4, 0.5) is 22.0 Å². The first-order valence-electron chi connectivity index (χ1n) is 5.53. The third-order valence-corrected chi connectivity index (χ3v) is 2.73. The van der Waals surface area contributed by atoms with E-state index in [-0.39, 0.29) is 16.9 Å². The van der Waals surface area contributed by atoms with Crippen LogP contribution in [0.15, 0.2) is 36.4 Å². The number of hydrogen-bond donors (Lipinski definition) is 0. The van der Waals surface area contributed by atoms with Crippen molar-refractivity contribution in [2.75, 3.05) is 7.11 Å². The molecule has 0 atom stereocenters. The molecule has 0 radical (unpaired) electrons. The molecule has 0 N–H and O–H groups in total. The molecule has 0 aliphatic rings. The normalized spacial score (nSPS) is 11.5. The molecule has 2 aromatic carbocycles. The lowest BCUT2D eigenvalue weighted by Gasteiger charge is -2.12. The minimum Gasteiger partial charge on any atom is -0.497 e. The molecule has 2 aromatic rings. The molecule has 0 saturated heterocycles. The van der Waals surface area contributed by atoms with Crippen LogP contribution in [-0.2, 0) is 6.18 Å². The van der Waals surface area contributed by atoms with Crippen molar-refractivity contribution in [2.45, 2.75) is 6.18 Å². The fourth-order valence-electron chi connectivity index (χ4n) is 1.76. The number of alkyl halides is 3. The van der Waals surface area contributed by atoms with Crippen molar-refractivity contribution < 1.29 is 26.7 Å². The lowest BCUT2D eigenvalue weighted by atomic mass is 10.0. The quantitative estimate of drug-likeness (QED) is 0.730. The fourth-order valence-corrected chi connectivity index (χ4v) is 1.76. The van der Waals surface area contributed by atoms with Gasteiger partial charge in [0.1, 0.15) is 5.75 Å². The molecule has 0 bridgehead atoms. The molecule has 20 heavy (non-hydrogen) atoms. The first-order valence-corrected chi connectivity index (χ1v) is 5.53. The van der Waals surface area contributed by atoms with Gasteiger partial charge in [-0.1, -0.05) is 12.1 Å². The number of halogens is 5. The Bertz CT molecular complexity index is 634. The molecule has 0 saturated carbocycles. The van der Waals surface area contributed by atoms with Crippen LogP contribution in [0.5, 0.6) is 5.75 Å². The predicted octanol–water partition coefficient (Wildman–Crippen LogP) is 4.66. The van der Waals surface area contributed by atoms with Gasteiger partial charge in [-0.15, -0.1) is 0 Å². The topological polar surface area (TPSA) is 9.23 Å². The summed E-state index contributed by atoms with van der Waals surface area (Å²) in [6.45, 7) is 0. The van der Waals surface area contributed by atoms with E-state index in [1.165, 1.54) is 25.3 Å². The molecule has 106 valence electrons. The minimum absolute atomic E-state index is 0.0847. The van der Waals surface area contributed by atoms with E-state index < -0.39 is 23.4 Å². The molecule has 0 aliphatic heterocycles. The number of rotatable bonds is 2. The van der Waals surface area contributed by atoms with E-state index in [0.29, 0.717) is 0 Å². The van der Waals surface area contributed by atoms with Crippen LogP contribution < -0.4 is 4.74 Å². The highest BCUT2D eigenvalue weighted by molar-refractivity contribution is 5.67. The Hall–Kier alpha value is -2.11. The third kappa shape index (κ3) is 2.74. The van der Waals surface area contributed by atoms with E-state index >= 15 is 0 Å². The Balaban J connectivity index is 2.65. The minimum atomic E-state index is -4.60. The molecule has 0 aliphatic carbocycles. The summed E-state index contributed by atoms with van der Waals surface area (Å²) in [7, 11) is 1.20. The van der Waals surface area contributed by atoms with Gasteiger partial charge in [-0.2, -0.15) is 13.2 Å². The molecule has 0 aromatic heterocycles. The summed E-state index contributed by atoms with van der Waals surface area (Å²) in [5, 5.41) is 0. The summed E-state index contributed by atoms with van der Waals surface area (Å²) in [6, 6.07) is 6.08. The molecule has 0 unspecified atom stereocenters. The Morgan fingerprint density at radius 2 is 1.70 bits per heavy atom. The summed E-state index contributed by atoms with van der Waals surface area (Å²) in [5.74, 6) is -2.41. The Morgan fingerprint density at radius 3 is 2.30 bits per heavy atom. The Kier molecular flexibility index (Phi) is 3.65. The number of ether oxygens (including phenoxy) is 1. The largest absolute Gasteiger partial charge is 0.497 e. The van der Waals surface area contributed by atoms with Gasteiger partial charge in [0.2, 0.25) is 0 Å². The van der Waals surface area contributed by atoms with Crippen LogP contribution in [0.1, 0.15) is 5.56 Å². The van der Waals surface area contributed by atoms with E-state index in [1.807, 2.05) is 0 Å². The van der Waals surface area contributed by atoms with Crippen LogP contribution in [0.2, 0.25) is 0 Å². The smallest absolute Gasteiger partial charge is 0.416 e. The first-order chi connectivity index (χ1) is 9.32. The van der Waals surface area contributed by atoms with E-state index in [4.69, 9.17) is 4.74 Å². The molecule has 2 rings (SSSR count). The predicted molar refractivity (Wildman–Crippen MR) is 63.3 cm³/mol. The van der Waals surface area contributed by atoms with Gasteiger partial charge in [-0.25, -0.2) is 8.78 Å². The van der Waals surface area contributed by atoms with Crippen LogP contribution in [-0.4, -0.2) is 7.11 Å². The first kappa shape index (κ1) is 14.3. The summed E-state index contributed by atoms with van der Waals surface area (Å²) >= 11 is 0. The van der Waals surface area contributed by atoms with Crippen molar-refractivity contribution in [3.63, 3.8) is 0 Å². The number of methoxy groups -OCH3 is 1.